The van der Waals surface area contributed by atoms with Crippen LogP contribution in [0.25, 0.3) is 0 Å². The van der Waals surface area contributed by atoms with Crippen LogP contribution in [0.3, 0.4) is 0 Å². The normalized spacial score (nSPS) is 22.7. The second kappa shape index (κ2) is 25.5. The minimum absolute atomic E-state index is 0.0299. The number of nitrogens with one attached hydrogen (secondary N) is 3. The van der Waals surface area contributed by atoms with Gasteiger partial charge < -0.3 is 52.9 Å². The summed E-state index contributed by atoms with van der Waals surface area (Å²) in [6.07, 6.45) is 0.295. The van der Waals surface area contributed by atoms with Crippen molar-refractivity contribution >= 4 is 97.9 Å². The lowest BCUT2D eigenvalue weighted by Gasteiger charge is -2.56. The number of aliphatic imine (C=N–C) groups is 1. The topological polar surface area (TPSA) is 240 Å². The first-order chi connectivity index (χ1) is 38.2. The zero-order chi connectivity index (χ0) is 57.5. The minimum Gasteiger partial charge on any atom is -0.541 e. The van der Waals surface area contributed by atoms with Gasteiger partial charge in [0.25, 0.3) is 17.7 Å². The Morgan fingerprint density at radius 2 is 1.52 bits per heavy atom. The molecule has 4 radical (unpaired) electrons. The molecular formula is C54H63B2ClN7O14S2+. The van der Waals surface area contributed by atoms with E-state index in [1.807, 2.05) is 48.5 Å². The van der Waals surface area contributed by atoms with Gasteiger partial charge >= 0.3 is 34.1 Å². The van der Waals surface area contributed by atoms with Crippen molar-refractivity contribution < 1.29 is 71.1 Å². The number of alkyl carbamates (subject to hydrolysis) is 1. The smallest absolute Gasteiger partial charge is 0.413 e. The maximum Gasteiger partial charge on any atom is 0.413 e. The Bertz CT molecular complexity index is 2920. The number of fused-ring (bicyclic) bond motifs is 4. The molecule has 9 rings (SSSR count). The van der Waals surface area contributed by atoms with Gasteiger partial charge in [-0.3, -0.25) is 29.6 Å². The Balaban J connectivity index is 0.917. The van der Waals surface area contributed by atoms with Crippen molar-refractivity contribution in [2.45, 2.75) is 96.3 Å². The predicted octanol–water partition coefficient (Wildman–Crippen LogP) is 5.55. The zero-order valence-electron chi connectivity index (χ0n) is 45.5. The monoisotopic (exact) mass is 1150 g/mol. The van der Waals surface area contributed by atoms with Crippen molar-refractivity contribution in [3.63, 3.8) is 0 Å². The zero-order valence-corrected chi connectivity index (χ0v) is 47.9. The van der Waals surface area contributed by atoms with Crippen molar-refractivity contribution in [2.24, 2.45) is 21.5 Å². The Morgan fingerprint density at radius 1 is 0.900 bits per heavy atom. The maximum absolute atomic E-state index is 14.2. The molecule has 6 heterocycles. The van der Waals surface area contributed by atoms with E-state index in [0.717, 1.165) is 67.5 Å². The van der Waals surface area contributed by atoms with Crippen LogP contribution >= 0.6 is 35.1 Å². The van der Waals surface area contributed by atoms with Gasteiger partial charge in [0.05, 0.1) is 44.4 Å². The fraction of sp³-hybridized carbons (Fsp3) is 0.481. The first-order valence-corrected chi connectivity index (χ1v) is 28.3. The largest absolute Gasteiger partial charge is 0.541 e. The minimum atomic E-state index is -1.30. The van der Waals surface area contributed by atoms with Crippen molar-refractivity contribution in [1.29, 1.82) is 0 Å². The summed E-state index contributed by atoms with van der Waals surface area (Å²) >= 11 is 9.52. The van der Waals surface area contributed by atoms with Crippen molar-refractivity contribution in [2.75, 3.05) is 58.4 Å². The number of ether oxygens (including phenoxy) is 5. The number of nitrogens with zero attached hydrogens (tertiary/aromatic N) is 4. The second-order valence-electron chi connectivity index (χ2n) is 21.4. The molecule has 3 aromatic carbocycles. The molecule has 80 heavy (non-hydrogen) atoms. The summed E-state index contributed by atoms with van der Waals surface area (Å²) in [5.74, 6) is -1.61. The molecule has 422 valence electrons. The number of β-lactam (4-membered cyclic amide) rings is 1. The molecular weight excluding hydrogens is 1090 g/mol. The first kappa shape index (κ1) is 59.6. The van der Waals surface area contributed by atoms with Crippen molar-refractivity contribution in [1.82, 2.24) is 20.9 Å². The van der Waals surface area contributed by atoms with Gasteiger partial charge in [-0.15, -0.1) is 11.8 Å². The Morgan fingerprint density at radius 3 is 2.10 bits per heavy atom. The number of quaternary nitrogens is 1. The lowest BCUT2D eigenvalue weighted by molar-refractivity contribution is -0.941. The molecule has 3 aromatic rings. The Labute approximate surface area is 480 Å². The molecule has 1 unspecified atom stereocenters. The molecule has 3 N–H and O–H groups in total. The summed E-state index contributed by atoms with van der Waals surface area (Å²) in [6, 6.07) is 16.1. The third kappa shape index (κ3) is 13.8. The van der Waals surface area contributed by atoms with Crippen molar-refractivity contribution in [3.05, 3.63) is 93.6 Å². The Hall–Kier alpha value is -6.56. The molecule has 6 aliphatic rings. The molecule has 0 aromatic heterocycles. The van der Waals surface area contributed by atoms with Crippen LogP contribution in [0.15, 0.2) is 82.1 Å². The lowest BCUT2D eigenvalue weighted by Crippen LogP contribution is -2.72. The number of benzene rings is 3. The van der Waals surface area contributed by atoms with Gasteiger partial charge in [-0.2, -0.15) is 0 Å². The quantitative estimate of drug-likeness (QED) is 0.0390. The molecule has 4 saturated heterocycles. The average molecular weight is 1160 g/mol. The van der Waals surface area contributed by atoms with Crippen LogP contribution in [-0.4, -0.2) is 160 Å². The first-order valence-electron chi connectivity index (χ1n) is 25.9. The van der Waals surface area contributed by atoms with E-state index in [1.165, 1.54) is 16.7 Å². The SMILES string of the molecule is [B]OC(=O)C1=C(C[N+]23CCC(CNC(=O)c4ccc(OCc5ccc(OC)cc5)c(OCc5ccc(OC)cc5)c4Cl)(CC2)CC3)CS[C@@H]2[C@H](NC(=O)/C(=N\O[C@H](C(=O)O[B])C(C)C)C3CSC(NC(=O)OC(C)(C)C)=N3)C(=O)N12. The maximum atomic E-state index is 14.2. The number of hydrogen-bond acceptors (Lipinski definition) is 18. The Kier molecular flexibility index (Phi) is 19.0. The van der Waals surface area contributed by atoms with E-state index in [9.17, 15) is 28.8 Å². The number of rotatable bonds is 21. The number of halogens is 1. The standard InChI is InChI=1S/C54H62B2ClN7O14S2/c1-30(2)43(50(69)77-56)78-62-40(37-28-80-51(59-37)61-52(70)75-53(3,4)5)46(66)60-41-47(67)63-42(49(68)76-55)33(27-79-48(41)63)24-64-21-18-54(19-22-64,20-23-64)29-58-45(65)36-16-17-38(73-25-31-8-12-34(71-6)13-9-31)44(39(36)57)74-26-32-10-14-35(72-7)15-11-32/h8-17,30,37,41,43,48H,18-29H2,1-7H3,(H2-,58,59,60,61,65,66,70)/p+1/b62-40-/t37?,41-,43+,48-,54?,64?/m1/s1. The van der Waals surface area contributed by atoms with Gasteiger partial charge in [0, 0.05) is 54.2 Å². The van der Waals surface area contributed by atoms with E-state index < -0.39 is 64.9 Å². The van der Waals surface area contributed by atoms with E-state index in [0.29, 0.717) is 40.4 Å². The van der Waals surface area contributed by atoms with Gasteiger partial charge in [-0.05, 0) is 68.3 Å². The van der Waals surface area contributed by atoms with E-state index >= 15 is 0 Å². The average Bonchev–Trinajstić information content (AvgIpc) is 3.91. The molecule has 4 amide bonds. The molecule has 21 nitrogen and oxygen atoms in total. The summed E-state index contributed by atoms with van der Waals surface area (Å²) < 4.78 is 38.3. The number of amidine groups is 1. The number of carbonyl (C=O) groups excluding carboxylic acids is 6. The van der Waals surface area contributed by atoms with Gasteiger partial charge in [-0.1, -0.05) is 66.6 Å². The molecule has 4 atom stereocenters. The highest BCUT2D eigenvalue weighted by atomic mass is 35.5. The number of methoxy groups -OCH3 is 2. The van der Waals surface area contributed by atoms with Crippen LogP contribution in [0.2, 0.25) is 5.02 Å². The summed E-state index contributed by atoms with van der Waals surface area (Å²) in [5.41, 5.74) is 1.41. The van der Waals surface area contributed by atoms with E-state index in [2.05, 4.69) is 30.8 Å². The van der Waals surface area contributed by atoms with Gasteiger partial charge in [0.1, 0.15) is 60.0 Å². The summed E-state index contributed by atoms with van der Waals surface area (Å²) in [4.78, 5) is 92.2. The number of thioether (sulfide) groups is 2. The number of carbonyl (C=O) groups is 6. The summed E-state index contributed by atoms with van der Waals surface area (Å²) in [7, 11) is 13.8. The fourth-order valence-corrected chi connectivity index (χ4v) is 12.6. The number of hydrogen-bond donors (Lipinski definition) is 3. The van der Waals surface area contributed by atoms with Gasteiger partial charge in [0.2, 0.25) is 6.10 Å². The molecule has 6 aliphatic heterocycles. The van der Waals surface area contributed by atoms with E-state index in [-0.39, 0.29) is 63.2 Å². The summed E-state index contributed by atoms with van der Waals surface area (Å²) in [5, 5.41) is 12.1. The third-order valence-corrected chi connectivity index (χ3v) is 17.2. The van der Waals surface area contributed by atoms with E-state index in [4.69, 9.17) is 60.9 Å². The van der Waals surface area contributed by atoms with Crippen LogP contribution in [-0.2, 0) is 51.3 Å². The molecule has 0 saturated carbocycles. The van der Waals surface area contributed by atoms with Crippen LogP contribution in [0, 0.1) is 11.3 Å². The highest BCUT2D eigenvalue weighted by molar-refractivity contribution is 8.14. The molecule has 4 fully saturated rings. The van der Waals surface area contributed by atoms with Crippen LogP contribution in [0.5, 0.6) is 23.0 Å². The lowest BCUT2D eigenvalue weighted by atomic mass is 9.70. The predicted molar refractivity (Wildman–Crippen MR) is 300 cm³/mol. The fourth-order valence-electron chi connectivity index (χ4n) is 10.0. The number of piperidine rings is 3. The molecule has 0 aliphatic carbocycles. The van der Waals surface area contributed by atoms with Crippen LogP contribution in [0.1, 0.15) is 75.4 Å². The highest BCUT2D eigenvalue weighted by Gasteiger charge is 2.57. The molecule has 0 spiro atoms. The van der Waals surface area contributed by atoms with Crippen LogP contribution < -0.4 is 34.9 Å². The molecule has 26 heteroatoms. The van der Waals surface area contributed by atoms with E-state index in [1.54, 1.807) is 61.0 Å². The van der Waals surface area contributed by atoms with Crippen LogP contribution in [0.4, 0.5) is 4.79 Å². The number of oxime groups is 1. The summed E-state index contributed by atoms with van der Waals surface area (Å²) in [6.45, 7) is 11.9. The van der Waals surface area contributed by atoms with Gasteiger partial charge in [-0.25, -0.2) is 14.4 Å². The molecule has 2 bridgehead atoms. The highest BCUT2D eigenvalue weighted by Crippen LogP contribution is 2.47. The van der Waals surface area contributed by atoms with Gasteiger partial charge in [0.15, 0.2) is 22.4 Å². The number of amides is 4. The van der Waals surface area contributed by atoms with Crippen molar-refractivity contribution in [3.8, 4) is 23.0 Å². The second-order valence-corrected chi connectivity index (χ2v) is 23.9. The third-order valence-electron chi connectivity index (χ3n) is 14.6.